The summed E-state index contributed by atoms with van der Waals surface area (Å²) in [6, 6.07) is 15.6. The van der Waals surface area contributed by atoms with Gasteiger partial charge in [-0.2, -0.15) is 5.10 Å². The Morgan fingerprint density at radius 3 is 2.47 bits per heavy atom. The van der Waals surface area contributed by atoms with Crippen LogP contribution in [0.4, 0.5) is 0 Å². The van der Waals surface area contributed by atoms with E-state index in [0.29, 0.717) is 5.92 Å². The van der Waals surface area contributed by atoms with Crippen molar-refractivity contribution in [2.45, 2.75) is 33.1 Å². The summed E-state index contributed by atoms with van der Waals surface area (Å²) < 4.78 is 1.26. The van der Waals surface area contributed by atoms with Gasteiger partial charge in [0.25, 0.3) is 0 Å². The molecule has 0 aliphatic heterocycles. The van der Waals surface area contributed by atoms with E-state index in [-0.39, 0.29) is 0 Å². The molecule has 0 bridgehead atoms. The van der Waals surface area contributed by atoms with Crippen molar-refractivity contribution in [1.29, 1.82) is 0 Å². The molecule has 0 unspecified atom stereocenters. The van der Waals surface area contributed by atoms with Crippen molar-refractivity contribution in [3.8, 4) is 21.7 Å². The second kappa shape index (κ2) is 7.96. The smallest absolute Gasteiger partial charge is 0.129 e. The minimum Gasteiger partial charge on any atom is -0.341 e. The summed E-state index contributed by atoms with van der Waals surface area (Å²) in [5.41, 5.74) is 5.33. The lowest BCUT2D eigenvalue weighted by Crippen LogP contribution is -1.88. The molecule has 4 heterocycles. The Labute approximate surface area is 211 Å². The second-order valence-electron chi connectivity index (χ2n) is 9.51. The van der Waals surface area contributed by atoms with Crippen LogP contribution < -0.4 is 0 Å². The van der Waals surface area contributed by atoms with Crippen molar-refractivity contribution in [2.24, 2.45) is 0 Å². The summed E-state index contributed by atoms with van der Waals surface area (Å²) in [5, 5.41) is 12.9. The van der Waals surface area contributed by atoms with Crippen LogP contribution in [-0.2, 0) is 6.42 Å². The molecule has 0 fully saturated rings. The van der Waals surface area contributed by atoms with Gasteiger partial charge in [-0.3, -0.25) is 5.10 Å². The number of aromatic amines is 2. The summed E-state index contributed by atoms with van der Waals surface area (Å²) in [5.74, 6) is 2.27. The van der Waals surface area contributed by atoms with E-state index in [1.165, 1.54) is 26.1 Å². The van der Waals surface area contributed by atoms with Gasteiger partial charge in [0.05, 0.1) is 28.5 Å². The largest absolute Gasteiger partial charge is 0.341 e. The van der Waals surface area contributed by atoms with Crippen LogP contribution in [0.5, 0.6) is 0 Å². The van der Waals surface area contributed by atoms with Crippen molar-refractivity contribution in [3.05, 3.63) is 72.7 Å². The van der Waals surface area contributed by atoms with Gasteiger partial charge in [-0.1, -0.05) is 45.0 Å². The molecule has 0 amide bonds. The summed E-state index contributed by atoms with van der Waals surface area (Å²) in [6.45, 7) is 6.39. The quantitative estimate of drug-likeness (QED) is 0.250. The number of rotatable bonds is 4. The first kappa shape index (κ1) is 21.2. The van der Waals surface area contributed by atoms with Crippen LogP contribution in [0.25, 0.3) is 64.4 Å². The van der Waals surface area contributed by atoms with Gasteiger partial charge in [0.1, 0.15) is 17.2 Å². The maximum absolute atomic E-state index is 4.84. The number of imidazole rings is 2. The molecule has 0 spiro atoms. The van der Waals surface area contributed by atoms with E-state index in [1.807, 2.05) is 18.6 Å². The third kappa shape index (κ3) is 3.23. The Morgan fingerprint density at radius 1 is 0.861 bits per heavy atom. The third-order valence-electron chi connectivity index (χ3n) is 6.87. The number of aryl methyl sites for hydroxylation is 1. The van der Waals surface area contributed by atoms with Crippen molar-refractivity contribution < 1.29 is 0 Å². The van der Waals surface area contributed by atoms with Crippen molar-refractivity contribution in [3.63, 3.8) is 0 Å². The van der Waals surface area contributed by atoms with Crippen molar-refractivity contribution in [2.75, 3.05) is 0 Å². The van der Waals surface area contributed by atoms with Gasteiger partial charge in [-0.25, -0.2) is 15.0 Å². The van der Waals surface area contributed by atoms with E-state index in [9.17, 15) is 0 Å². The Morgan fingerprint density at radius 2 is 1.67 bits per heavy atom. The van der Waals surface area contributed by atoms with E-state index in [4.69, 9.17) is 9.97 Å². The maximum Gasteiger partial charge on any atom is 0.129 e. The highest BCUT2D eigenvalue weighted by molar-refractivity contribution is 7.22. The van der Waals surface area contributed by atoms with Gasteiger partial charge >= 0.3 is 0 Å². The Bertz CT molecular complexity index is 1920. The first-order valence-corrected chi connectivity index (χ1v) is 13.0. The molecule has 0 radical (unpaired) electrons. The summed E-state index contributed by atoms with van der Waals surface area (Å²) in [4.78, 5) is 18.9. The van der Waals surface area contributed by atoms with E-state index in [0.717, 1.165) is 56.3 Å². The lowest BCUT2D eigenvalue weighted by atomic mass is 9.97. The topological polar surface area (TPSA) is 83.1 Å². The molecule has 6 nitrogen and oxygen atoms in total. The number of hydrogen-bond donors (Lipinski definition) is 2. The number of H-pyrrole nitrogens is 2. The number of nitrogens with zero attached hydrogens (tertiary/aromatic N) is 4. The van der Waals surface area contributed by atoms with Crippen LogP contribution in [0, 0.1) is 0 Å². The van der Waals surface area contributed by atoms with Crippen molar-refractivity contribution >= 4 is 54.0 Å². The molecule has 0 atom stereocenters. The zero-order valence-electron chi connectivity index (χ0n) is 20.3. The average Bonchev–Trinajstić information content (AvgIpc) is 3.66. The fourth-order valence-corrected chi connectivity index (χ4v) is 6.00. The van der Waals surface area contributed by atoms with Crippen LogP contribution >= 0.6 is 11.3 Å². The number of hydrogen-bond acceptors (Lipinski definition) is 5. The highest BCUT2D eigenvalue weighted by atomic mass is 32.1. The third-order valence-corrected chi connectivity index (χ3v) is 8.00. The molecule has 7 aromatic rings. The summed E-state index contributed by atoms with van der Waals surface area (Å²) in [6.07, 6.45) is 6.57. The van der Waals surface area contributed by atoms with Crippen LogP contribution in [0.3, 0.4) is 0 Å². The van der Waals surface area contributed by atoms with Crippen LogP contribution in [0.1, 0.15) is 38.3 Å². The number of aromatic nitrogens is 6. The van der Waals surface area contributed by atoms with Crippen molar-refractivity contribution in [1.82, 2.24) is 30.1 Å². The zero-order chi connectivity index (χ0) is 24.4. The minimum absolute atomic E-state index is 0.381. The van der Waals surface area contributed by atoms with Gasteiger partial charge in [0.15, 0.2) is 0 Å². The Balaban J connectivity index is 1.38. The van der Waals surface area contributed by atoms with Crippen LogP contribution in [0.2, 0.25) is 0 Å². The highest BCUT2D eigenvalue weighted by Crippen LogP contribution is 2.38. The normalized spacial score (nSPS) is 12.1. The molecule has 0 aliphatic rings. The molecule has 3 aromatic carbocycles. The molecule has 4 aromatic heterocycles. The fraction of sp³-hybridized carbons (Fsp3) is 0.172. The molecular weight excluding hydrogens is 464 g/mol. The molecule has 0 saturated carbocycles. The zero-order valence-corrected chi connectivity index (χ0v) is 21.1. The minimum atomic E-state index is 0.381. The predicted molar refractivity (Wildman–Crippen MR) is 149 cm³/mol. The number of fused-ring (bicyclic) bond motifs is 7. The first-order valence-electron chi connectivity index (χ1n) is 12.2. The lowest BCUT2D eigenvalue weighted by Gasteiger charge is -2.08. The monoisotopic (exact) mass is 488 g/mol. The summed E-state index contributed by atoms with van der Waals surface area (Å²) >= 11 is 1.79. The average molecular weight is 489 g/mol. The van der Waals surface area contributed by atoms with Gasteiger partial charge < -0.3 is 4.98 Å². The molecule has 7 rings (SSSR count). The molecule has 0 saturated heterocycles. The fourth-order valence-electron chi connectivity index (χ4n) is 4.94. The van der Waals surface area contributed by atoms with E-state index < -0.39 is 0 Å². The molecule has 0 aliphatic carbocycles. The predicted octanol–water partition coefficient (Wildman–Crippen LogP) is 7.62. The van der Waals surface area contributed by atoms with Gasteiger partial charge in [-0.05, 0) is 40.1 Å². The molecule has 7 heteroatoms. The van der Waals surface area contributed by atoms with Gasteiger partial charge in [0, 0.05) is 39.4 Å². The SMILES string of the molecule is CCc1nc2c3ccc(-c4ccc5cc(-c6cnc(C(C)C)[nH]6)sc5c4)cc3c3c[nH]ncc3c2n1. The number of nitrogens with one attached hydrogen (secondary N) is 2. The van der Waals surface area contributed by atoms with Crippen LogP contribution in [0.15, 0.2) is 61.1 Å². The molecular formula is C29H24N6S. The maximum atomic E-state index is 4.84. The van der Waals surface area contributed by atoms with Gasteiger partial charge in [0.2, 0.25) is 0 Å². The molecule has 36 heavy (non-hydrogen) atoms. The summed E-state index contributed by atoms with van der Waals surface area (Å²) in [7, 11) is 0. The second-order valence-corrected chi connectivity index (χ2v) is 10.6. The standard InChI is InChI=1S/C29H24N6S/c1-4-26-34-27-19-8-7-16(9-20(19)21-12-31-32-13-22(21)28(27)35-26)17-5-6-18-11-25(36-24(18)10-17)23-14-30-29(33-23)15(2)3/h5-15,31H,4H2,1-3H3,(H,30,33). The van der Waals surface area contributed by atoms with E-state index in [1.54, 1.807) is 11.3 Å². The van der Waals surface area contributed by atoms with Gasteiger partial charge in [-0.15, -0.1) is 11.3 Å². The number of thiophene rings is 1. The molecule has 176 valence electrons. The highest BCUT2D eigenvalue weighted by Gasteiger charge is 2.15. The molecule has 2 N–H and O–H groups in total. The van der Waals surface area contributed by atoms with Crippen LogP contribution in [-0.4, -0.2) is 30.1 Å². The Kier molecular flexibility index (Phi) is 4.69. The van der Waals surface area contributed by atoms with E-state index >= 15 is 0 Å². The first-order chi connectivity index (χ1) is 17.6. The van der Waals surface area contributed by atoms with E-state index in [2.05, 4.69) is 83.4 Å². The lowest BCUT2D eigenvalue weighted by molar-refractivity contribution is 0.795. The number of benzene rings is 3. The Hall–Kier alpha value is -4.10.